The molecule has 2 nitrogen and oxygen atoms in total. The number of nitrogens with zero attached hydrogens (tertiary/aromatic N) is 1. The second kappa shape index (κ2) is 6.26. The van der Waals surface area contributed by atoms with Crippen LogP contribution in [0.15, 0.2) is 0 Å². The van der Waals surface area contributed by atoms with Gasteiger partial charge < -0.3 is 4.90 Å². The molecule has 0 N–H and O–H groups in total. The predicted molar refractivity (Wildman–Crippen MR) is 64.0 cm³/mol. The molecule has 0 aromatic carbocycles. The molecule has 1 aliphatic heterocycles. The van der Waals surface area contributed by atoms with Crippen LogP contribution < -0.4 is 0 Å². The summed E-state index contributed by atoms with van der Waals surface area (Å²) < 4.78 is 0. The molecule has 0 aromatic heterocycles. The van der Waals surface area contributed by atoms with Gasteiger partial charge in [0, 0.05) is 18.9 Å². The third-order valence-electron chi connectivity index (χ3n) is 3.57. The van der Waals surface area contributed by atoms with Gasteiger partial charge in [0.15, 0.2) is 0 Å². The Morgan fingerprint density at radius 3 is 2.73 bits per heavy atom. The van der Waals surface area contributed by atoms with E-state index in [4.69, 9.17) is 0 Å². The molecule has 1 fully saturated rings. The number of hydrogen-bond donors (Lipinski definition) is 0. The van der Waals surface area contributed by atoms with E-state index in [0.29, 0.717) is 18.2 Å². The lowest BCUT2D eigenvalue weighted by Gasteiger charge is -2.36. The fraction of sp³-hybridized carbons (Fsp3) is 0.923. The molecule has 1 rings (SSSR count). The van der Waals surface area contributed by atoms with E-state index in [-0.39, 0.29) is 0 Å². The van der Waals surface area contributed by atoms with Crippen molar-refractivity contribution < 1.29 is 4.79 Å². The number of likely N-dealkylation sites (tertiary alicyclic amines) is 1. The quantitative estimate of drug-likeness (QED) is 0.697. The van der Waals surface area contributed by atoms with Crippen LogP contribution in [0.2, 0.25) is 0 Å². The summed E-state index contributed by atoms with van der Waals surface area (Å²) >= 11 is 0. The number of ketones is 1. The normalized spacial score (nSPS) is 27.9. The van der Waals surface area contributed by atoms with Crippen LogP contribution in [0.3, 0.4) is 0 Å². The van der Waals surface area contributed by atoms with Gasteiger partial charge in [-0.1, -0.05) is 13.8 Å². The first-order valence-electron chi connectivity index (χ1n) is 6.39. The topological polar surface area (TPSA) is 20.3 Å². The molecule has 2 heteroatoms. The Kier molecular flexibility index (Phi) is 5.30. The number of hydrogen-bond acceptors (Lipinski definition) is 2. The summed E-state index contributed by atoms with van der Waals surface area (Å²) in [5.41, 5.74) is 0. The van der Waals surface area contributed by atoms with Gasteiger partial charge in [-0.2, -0.15) is 0 Å². The Balaban J connectivity index is 2.18. The van der Waals surface area contributed by atoms with Gasteiger partial charge in [0.25, 0.3) is 0 Å². The molecular weight excluding hydrogens is 186 g/mol. The first kappa shape index (κ1) is 12.7. The molecule has 2 unspecified atom stereocenters. The first-order valence-corrected chi connectivity index (χ1v) is 6.39. The van der Waals surface area contributed by atoms with Crippen molar-refractivity contribution in [3.63, 3.8) is 0 Å². The summed E-state index contributed by atoms with van der Waals surface area (Å²) in [7, 11) is 0. The van der Waals surface area contributed by atoms with Gasteiger partial charge in [-0.05, 0) is 45.2 Å². The molecule has 0 spiro atoms. The smallest absolute Gasteiger partial charge is 0.132 e. The number of carbonyl (C=O) groups is 1. The summed E-state index contributed by atoms with van der Waals surface area (Å²) in [4.78, 5) is 13.7. The van der Waals surface area contributed by atoms with E-state index in [9.17, 15) is 4.79 Å². The van der Waals surface area contributed by atoms with Gasteiger partial charge in [-0.25, -0.2) is 0 Å². The Morgan fingerprint density at radius 2 is 2.13 bits per heavy atom. The molecule has 0 bridgehead atoms. The monoisotopic (exact) mass is 211 g/mol. The maximum absolute atomic E-state index is 11.2. The lowest BCUT2D eigenvalue weighted by atomic mass is 9.93. The van der Waals surface area contributed by atoms with Crippen molar-refractivity contribution in [2.45, 2.75) is 58.9 Å². The van der Waals surface area contributed by atoms with E-state index < -0.39 is 0 Å². The van der Waals surface area contributed by atoms with Crippen LogP contribution in [0.25, 0.3) is 0 Å². The third-order valence-corrected chi connectivity index (χ3v) is 3.57. The van der Waals surface area contributed by atoms with Crippen molar-refractivity contribution in [2.24, 2.45) is 5.92 Å². The highest BCUT2D eigenvalue weighted by molar-refractivity contribution is 5.77. The molecule has 0 radical (unpaired) electrons. The molecule has 0 aliphatic carbocycles. The van der Waals surface area contributed by atoms with Gasteiger partial charge in [0.1, 0.15) is 5.78 Å². The molecule has 0 aromatic rings. The van der Waals surface area contributed by atoms with Crippen molar-refractivity contribution >= 4 is 5.78 Å². The Labute approximate surface area is 94.0 Å². The van der Waals surface area contributed by atoms with Crippen molar-refractivity contribution in [3.8, 4) is 0 Å². The lowest BCUT2D eigenvalue weighted by molar-refractivity contribution is -0.118. The summed E-state index contributed by atoms with van der Waals surface area (Å²) in [5.74, 6) is 1.29. The lowest BCUT2D eigenvalue weighted by Crippen LogP contribution is -2.40. The summed E-state index contributed by atoms with van der Waals surface area (Å²) in [6.07, 6.45) is 5.17. The van der Waals surface area contributed by atoms with Crippen molar-refractivity contribution in [3.05, 3.63) is 0 Å². The Hall–Kier alpha value is -0.370. The van der Waals surface area contributed by atoms with E-state index in [2.05, 4.69) is 18.7 Å². The Bertz CT molecular complexity index is 203. The zero-order valence-electron chi connectivity index (χ0n) is 10.5. The highest BCUT2D eigenvalue weighted by Gasteiger charge is 2.22. The highest BCUT2D eigenvalue weighted by atomic mass is 16.1. The van der Waals surface area contributed by atoms with Crippen molar-refractivity contribution in [2.75, 3.05) is 13.1 Å². The standard InChI is InChI=1S/C13H25NO/c1-4-13(15)6-5-8-14-9-7-11(2)10-12(14)3/h11-12H,4-10H2,1-3H3. The van der Waals surface area contributed by atoms with Crippen LogP contribution >= 0.6 is 0 Å². The van der Waals surface area contributed by atoms with Crippen LogP contribution in [0.5, 0.6) is 0 Å². The average molecular weight is 211 g/mol. The molecule has 1 aliphatic rings. The van der Waals surface area contributed by atoms with Crippen molar-refractivity contribution in [1.29, 1.82) is 0 Å². The largest absolute Gasteiger partial charge is 0.301 e. The van der Waals surface area contributed by atoms with Gasteiger partial charge in [-0.15, -0.1) is 0 Å². The van der Waals surface area contributed by atoms with E-state index >= 15 is 0 Å². The highest BCUT2D eigenvalue weighted by Crippen LogP contribution is 2.22. The van der Waals surface area contributed by atoms with Crippen LogP contribution in [0.4, 0.5) is 0 Å². The molecule has 1 saturated heterocycles. The minimum atomic E-state index is 0.410. The summed E-state index contributed by atoms with van der Waals surface area (Å²) in [6, 6.07) is 0.713. The zero-order chi connectivity index (χ0) is 11.3. The fourth-order valence-corrected chi connectivity index (χ4v) is 2.44. The molecular formula is C13H25NO. The second-order valence-electron chi connectivity index (χ2n) is 5.01. The fourth-order valence-electron chi connectivity index (χ4n) is 2.44. The molecule has 0 amide bonds. The summed E-state index contributed by atoms with van der Waals surface area (Å²) in [5, 5.41) is 0. The third kappa shape index (κ3) is 4.33. The molecule has 15 heavy (non-hydrogen) atoms. The van der Waals surface area contributed by atoms with Crippen LogP contribution in [0.1, 0.15) is 52.9 Å². The van der Waals surface area contributed by atoms with E-state index in [1.165, 1.54) is 19.4 Å². The number of carbonyl (C=O) groups excluding carboxylic acids is 1. The van der Waals surface area contributed by atoms with Crippen LogP contribution in [-0.2, 0) is 4.79 Å². The molecule has 0 saturated carbocycles. The number of piperidine rings is 1. The number of rotatable bonds is 5. The maximum Gasteiger partial charge on any atom is 0.132 e. The van der Waals surface area contributed by atoms with E-state index in [1.807, 2.05) is 6.92 Å². The minimum Gasteiger partial charge on any atom is -0.301 e. The van der Waals surface area contributed by atoms with E-state index in [1.54, 1.807) is 0 Å². The van der Waals surface area contributed by atoms with Gasteiger partial charge in [0.05, 0.1) is 0 Å². The van der Waals surface area contributed by atoms with Gasteiger partial charge in [-0.3, -0.25) is 4.79 Å². The summed E-state index contributed by atoms with van der Waals surface area (Å²) in [6.45, 7) is 8.95. The van der Waals surface area contributed by atoms with Crippen LogP contribution in [-0.4, -0.2) is 29.8 Å². The second-order valence-corrected chi connectivity index (χ2v) is 5.01. The zero-order valence-corrected chi connectivity index (χ0v) is 10.5. The Morgan fingerprint density at radius 1 is 1.40 bits per heavy atom. The van der Waals surface area contributed by atoms with Crippen molar-refractivity contribution in [1.82, 2.24) is 4.90 Å². The number of Topliss-reactive ketones (excluding diaryl/α,β-unsaturated/α-hetero) is 1. The molecule has 1 heterocycles. The minimum absolute atomic E-state index is 0.410. The first-order chi connectivity index (χ1) is 7.13. The van der Waals surface area contributed by atoms with Crippen LogP contribution in [0, 0.1) is 5.92 Å². The van der Waals surface area contributed by atoms with Gasteiger partial charge >= 0.3 is 0 Å². The van der Waals surface area contributed by atoms with Gasteiger partial charge in [0.2, 0.25) is 0 Å². The maximum atomic E-state index is 11.2. The molecule has 88 valence electrons. The average Bonchev–Trinajstić information content (AvgIpc) is 2.21. The molecule has 2 atom stereocenters. The van der Waals surface area contributed by atoms with E-state index in [0.717, 1.165) is 25.3 Å². The SMILES string of the molecule is CCC(=O)CCCN1CCC(C)CC1C. The predicted octanol–water partition coefficient (Wildman–Crippen LogP) is 2.87.